The summed E-state index contributed by atoms with van der Waals surface area (Å²) in [6.07, 6.45) is 2.06. The highest BCUT2D eigenvalue weighted by Gasteiger charge is 2.35. The van der Waals surface area contributed by atoms with Gasteiger partial charge in [-0.3, -0.25) is 34.1 Å². The van der Waals surface area contributed by atoms with E-state index >= 15 is 0 Å². The van der Waals surface area contributed by atoms with Gasteiger partial charge in [0.25, 0.3) is 30.4 Å². The maximum atomic E-state index is 13.8. The number of aliphatic hydroxyl groups is 2. The monoisotopic (exact) mass is 1110 g/mol. The quantitative estimate of drug-likeness (QED) is 0.0164. The lowest BCUT2D eigenvalue weighted by Crippen LogP contribution is -2.27. The minimum atomic E-state index is -5.08. The summed E-state index contributed by atoms with van der Waals surface area (Å²) in [7, 11) is -15.1. The van der Waals surface area contributed by atoms with Crippen LogP contribution in [-0.4, -0.2) is 98.4 Å². The topological polar surface area (TPSA) is 424 Å². The second-order valence-electron chi connectivity index (χ2n) is 16.4. The number of fused-ring (bicyclic) bond motifs is 2. The molecule has 0 unspecified atom stereocenters. The Bertz CT molecular complexity index is 3920. The highest BCUT2D eigenvalue weighted by molar-refractivity contribution is 7.91. The molecule has 0 heterocycles. The van der Waals surface area contributed by atoms with Crippen molar-refractivity contribution >= 4 is 134 Å². The van der Waals surface area contributed by atoms with E-state index in [1.165, 1.54) is 72.8 Å². The number of hydrogen-bond donors (Lipinski definition) is 12. The predicted molar refractivity (Wildman–Crippen MR) is 290 cm³/mol. The van der Waals surface area contributed by atoms with Gasteiger partial charge < -0.3 is 37.6 Å². The number of hydrogen-bond acceptors (Lipinski definition) is 23. The number of carbonyl (C=O) groups is 2. The number of nitrogens with one attached hydrogen (secondary N) is 5. The average molecular weight is 1110 g/mol. The fourth-order valence-corrected chi connectivity index (χ4v) is 9.42. The molecule has 0 radical (unpaired) electrons. The summed E-state index contributed by atoms with van der Waals surface area (Å²) in [5.74, 6) is -1.87. The van der Waals surface area contributed by atoms with E-state index < -0.39 is 68.0 Å². The number of anilines is 8. The summed E-state index contributed by atoms with van der Waals surface area (Å²) in [5, 5.41) is 51.4. The van der Waals surface area contributed by atoms with Crippen LogP contribution < -0.4 is 38.3 Å². The van der Waals surface area contributed by atoms with E-state index in [9.17, 15) is 48.5 Å². The van der Waals surface area contributed by atoms with Crippen LogP contribution in [0.15, 0.2) is 161 Å². The maximum Gasteiger partial charge on any atom is 0.296 e. The minimum absolute atomic E-state index is 0.0177. The zero-order valence-electron chi connectivity index (χ0n) is 39.5. The number of carbonyl (C=O) groups excluding carboxylic acids is 2. The Morgan fingerprint density at radius 3 is 1.32 bits per heavy atom. The first kappa shape index (κ1) is 54.2. The van der Waals surface area contributed by atoms with E-state index in [1.54, 1.807) is 36.4 Å². The Morgan fingerprint density at radius 1 is 0.468 bits per heavy atom. The molecular weight excluding hydrogens is 1060 g/mol. The summed E-state index contributed by atoms with van der Waals surface area (Å²) in [6, 6.07) is 27.1. The Kier molecular flexibility index (Phi) is 15.8. The molecule has 26 nitrogen and oxygen atoms in total. The lowest BCUT2D eigenvalue weighted by molar-refractivity contribution is 0.105. The van der Waals surface area contributed by atoms with Gasteiger partial charge in [0.1, 0.15) is 26.1 Å². The molecule has 8 rings (SSSR count). The van der Waals surface area contributed by atoms with Crippen LogP contribution >= 0.6 is 0 Å². The molecule has 0 aromatic heterocycles. The number of hydrazone groups is 2. The number of allylic oxidation sites excluding steroid dienone is 2. The van der Waals surface area contributed by atoms with Crippen LogP contribution in [0.4, 0.5) is 68.2 Å². The summed E-state index contributed by atoms with van der Waals surface area (Å²) in [5.41, 5.74) is 18.7. The van der Waals surface area contributed by atoms with Gasteiger partial charge in [0.2, 0.25) is 11.6 Å². The molecule has 2 aliphatic rings. The van der Waals surface area contributed by atoms with Crippen LogP contribution in [0.1, 0.15) is 31.8 Å². The third-order valence-corrected chi connectivity index (χ3v) is 13.7. The average Bonchev–Trinajstić information content (AvgIpc) is 3.40. The number of azo groups is 2. The summed E-state index contributed by atoms with van der Waals surface area (Å²) in [6.45, 7) is 0.421. The van der Waals surface area contributed by atoms with E-state index in [0.29, 0.717) is 30.2 Å². The summed E-state index contributed by atoms with van der Waals surface area (Å²) < 4.78 is 106. The van der Waals surface area contributed by atoms with Crippen molar-refractivity contribution in [3.63, 3.8) is 0 Å². The second-order valence-corrected chi connectivity index (χ2v) is 20.6. The van der Waals surface area contributed by atoms with Crippen LogP contribution in [0, 0.1) is 0 Å². The molecule has 6 aromatic rings. The van der Waals surface area contributed by atoms with E-state index in [-0.39, 0.29) is 86.7 Å². The molecule has 0 saturated heterocycles. The van der Waals surface area contributed by atoms with Crippen molar-refractivity contribution in [2.75, 3.05) is 64.6 Å². The minimum Gasteiger partial charge on any atom is -0.397 e. The van der Waals surface area contributed by atoms with Gasteiger partial charge in [0.15, 0.2) is 11.4 Å². The van der Waals surface area contributed by atoms with E-state index in [1.807, 2.05) is 0 Å². The molecule has 6 aromatic carbocycles. The van der Waals surface area contributed by atoms with Gasteiger partial charge >= 0.3 is 0 Å². The number of ketones is 2. The maximum absolute atomic E-state index is 13.8. The third-order valence-electron chi connectivity index (χ3n) is 11.1. The smallest absolute Gasteiger partial charge is 0.296 e. The van der Waals surface area contributed by atoms with Gasteiger partial charge in [-0.2, -0.15) is 45.7 Å². The van der Waals surface area contributed by atoms with Crippen molar-refractivity contribution in [2.24, 2.45) is 30.7 Å². The Hall–Kier alpha value is -9.07. The zero-order valence-corrected chi connectivity index (χ0v) is 42.0. The van der Waals surface area contributed by atoms with Gasteiger partial charge in [-0.15, -0.1) is 10.2 Å². The van der Waals surface area contributed by atoms with Crippen molar-refractivity contribution in [3.8, 4) is 0 Å². The first-order valence-corrected chi connectivity index (χ1v) is 26.7. The molecule has 29 heteroatoms. The molecule has 0 aliphatic heterocycles. The number of rotatable bonds is 19. The lowest BCUT2D eigenvalue weighted by Gasteiger charge is -2.17. The van der Waals surface area contributed by atoms with Gasteiger partial charge in [-0.25, -0.2) is 0 Å². The zero-order chi connectivity index (χ0) is 55.2. The summed E-state index contributed by atoms with van der Waals surface area (Å²) >= 11 is 0. The molecule has 0 bridgehead atoms. The van der Waals surface area contributed by atoms with Gasteiger partial charge in [0, 0.05) is 41.3 Å². The fraction of sp³-hybridized carbons (Fsp3) is 0.0833. The molecule has 0 spiro atoms. The largest absolute Gasteiger partial charge is 0.397 e. The highest BCUT2D eigenvalue weighted by Crippen LogP contribution is 2.35. The predicted octanol–water partition coefficient (Wildman–Crippen LogP) is 7.27. The molecule has 0 fully saturated rings. The normalized spacial score (nSPS) is 14.8. The van der Waals surface area contributed by atoms with Crippen LogP contribution in [0.5, 0.6) is 0 Å². The first-order valence-electron chi connectivity index (χ1n) is 22.3. The van der Waals surface area contributed by atoms with E-state index in [4.69, 9.17) is 21.7 Å². The fourth-order valence-electron chi connectivity index (χ4n) is 7.43. The Balaban J connectivity index is 0.978. The van der Waals surface area contributed by atoms with Crippen molar-refractivity contribution < 1.29 is 58.7 Å². The third kappa shape index (κ3) is 12.9. The molecule has 2 aliphatic carbocycles. The Morgan fingerprint density at radius 2 is 0.896 bits per heavy atom. The van der Waals surface area contributed by atoms with Crippen LogP contribution in [0.2, 0.25) is 0 Å². The van der Waals surface area contributed by atoms with E-state index in [2.05, 4.69) is 57.5 Å². The van der Waals surface area contributed by atoms with Crippen LogP contribution in [0.25, 0.3) is 12.2 Å². The SMILES string of the molecule is Nc1cc(NCCO)ccc1N=Nc1ccc2c(c1)C(=O)/C(=N/Nc1ccc(Nc3ccc(N/N=C4\C(=O)c5cc(N=Nc6ccc(NCCO)cc6N)ccc5C=C4S(=O)(=O)O)cc3)c(S(=O)(=O)O)c1)C(S(=O)(=O)O)=C2. The van der Waals surface area contributed by atoms with Crippen molar-refractivity contribution in [2.45, 2.75) is 4.90 Å². The Labute approximate surface area is 438 Å². The van der Waals surface area contributed by atoms with Crippen molar-refractivity contribution in [1.29, 1.82) is 0 Å². The number of nitrogens with two attached hydrogens (primary N) is 2. The van der Waals surface area contributed by atoms with Crippen molar-refractivity contribution in [3.05, 3.63) is 147 Å². The summed E-state index contributed by atoms with van der Waals surface area (Å²) in [4.78, 5) is 25.2. The van der Waals surface area contributed by atoms with Gasteiger partial charge in [0.05, 0.1) is 53.0 Å². The molecule has 0 saturated carbocycles. The number of Topliss-reactive ketones (excluding diaryl/α,β-unsaturated/α-hetero) is 2. The van der Waals surface area contributed by atoms with Gasteiger partial charge in [-0.1, -0.05) is 12.1 Å². The van der Waals surface area contributed by atoms with Crippen LogP contribution in [0.3, 0.4) is 0 Å². The highest BCUT2D eigenvalue weighted by atomic mass is 32.2. The second kappa shape index (κ2) is 22.4. The number of nitrogens with zero attached hydrogens (tertiary/aromatic N) is 6. The number of benzene rings is 6. The number of aliphatic hydroxyl groups excluding tert-OH is 2. The molecule has 0 atom stereocenters. The van der Waals surface area contributed by atoms with E-state index in [0.717, 1.165) is 18.2 Å². The molecule has 0 amide bonds. The van der Waals surface area contributed by atoms with Crippen LogP contribution in [-0.2, 0) is 30.4 Å². The molecule has 14 N–H and O–H groups in total. The molecule has 77 heavy (non-hydrogen) atoms. The lowest BCUT2D eigenvalue weighted by atomic mass is 9.94. The molecule has 396 valence electrons. The van der Waals surface area contributed by atoms with Gasteiger partial charge in [-0.05, 0) is 126 Å². The standard InChI is InChI=1S/C48H43N13O13S3/c49-37-23-30(51-15-17-62)9-12-39(37)58-55-32-3-1-26-19-43(76(69,70)71)45(47(64)35(26)21-32)60-54-29-7-5-28(6-8-29)53-41-14-11-34(25-42(41)75(66,67)68)57-61-46-44(77(72,73)74)20-27-2-4-33(22-36(27)48(46)65)56-59-40-13-10-31(24-38(40)50)52-16-18-63/h1-14,19-25,51-54,57,62-63H,15-18,49-50H2,(H,66,67,68)(H,69,70,71)(H,72,73,74)/b58-55?,59-56?,60-45-,61-46+. The molecular formula is C48H43N13O13S3. The number of nitrogen functional groups attached to an aromatic ring is 2. The van der Waals surface area contributed by atoms with Crippen molar-refractivity contribution in [1.82, 2.24) is 0 Å². The first-order chi connectivity index (χ1) is 36.6.